The third-order valence-corrected chi connectivity index (χ3v) is 5.93. The molecule has 144 valence electrons. The number of carboxylic acid groups (broad SMARTS) is 1. The lowest BCUT2D eigenvalue weighted by molar-refractivity contribution is -0.150. The number of carbonyl (C=O) groups excluding carboxylic acids is 3. The monoisotopic (exact) mass is 413 g/mol. The minimum atomic E-state index is -1.32. The number of hydrogen-bond donors (Lipinski definition) is 4. The van der Waals surface area contributed by atoms with E-state index in [9.17, 15) is 24.3 Å². The van der Waals surface area contributed by atoms with Crippen LogP contribution >= 0.6 is 23.1 Å². The van der Waals surface area contributed by atoms with Gasteiger partial charge in [-0.2, -0.15) is 0 Å². The van der Waals surface area contributed by atoms with Gasteiger partial charge in [0.05, 0.1) is 12.1 Å². The average Bonchev–Trinajstić information content (AvgIpc) is 3.01. The molecule has 1 fully saturated rings. The van der Waals surface area contributed by atoms with Gasteiger partial charge >= 0.3 is 12.1 Å². The van der Waals surface area contributed by atoms with Gasteiger partial charge < -0.3 is 26.6 Å². The van der Waals surface area contributed by atoms with Crippen LogP contribution in [0.1, 0.15) is 5.69 Å². The summed E-state index contributed by atoms with van der Waals surface area (Å²) in [6.45, 7) is -0.317. The van der Waals surface area contributed by atoms with Crippen molar-refractivity contribution in [2.45, 2.75) is 17.8 Å². The van der Waals surface area contributed by atoms with Crippen molar-refractivity contribution in [2.75, 3.05) is 18.1 Å². The summed E-state index contributed by atoms with van der Waals surface area (Å²) in [7, 11) is 0. The molecule has 1 aromatic heterocycles. The van der Waals surface area contributed by atoms with E-state index in [0.717, 1.165) is 4.90 Å². The number of carboxylic acids is 1. The fourth-order valence-corrected chi connectivity index (χ4v) is 4.64. The van der Waals surface area contributed by atoms with Gasteiger partial charge in [0.25, 0.3) is 5.91 Å². The number of rotatable bonds is 6. The Morgan fingerprint density at radius 3 is 2.78 bits per heavy atom. The van der Waals surface area contributed by atoms with E-state index >= 15 is 0 Å². The first-order valence-corrected chi connectivity index (χ1v) is 9.52. The number of hydrogen-bond acceptors (Lipinski definition) is 9. The molecular weight excluding hydrogens is 398 g/mol. The first kappa shape index (κ1) is 19.0. The number of aliphatic carboxylic acids is 1. The normalized spacial score (nSPS) is 21.3. The molecule has 3 rings (SSSR count). The van der Waals surface area contributed by atoms with Crippen molar-refractivity contribution in [1.29, 1.82) is 0 Å². The third kappa shape index (κ3) is 3.83. The molecule has 0 radical (unpaired) electrons. The first-order chi connectivity index (χ1) is 12.8. The van der Waals surface area contributed by atoms with E-state index in [1.165, 1.54) is 23.1 Å². The number of nitrogens with two attached hydrogens (primary N) is 2. The summed E-state index contributed by atoms with van der Waals surface area (Å²) in [4.78, 5) is 52.0. The van der Waals surface area contributed by atoms with E-state index in [0.29, 0.717) is 10.8 Å². The predicted molar refractivity (Wildman–Crippen MR) is 95.5 cm³/mol. The smallest absolute Gasteiger partial charge is 0.404 e. The summed E-state index contributed by atoms with van der Waals surface area (Å²) in [5.74, 6) is -2.06. The number of anilines is 1. The van der Waals surface area contributed by atoms with Gasteiger partial charge in [0.2, 0.25) is 5.91 Å². The van der Waals surface area contributed by atoms with Gasteiger partial charge in [0.1, 0.15) is 23.7 Å². The third-order valence-electron chi connectivity index (χ3n) is 3.87. The van der Waals surface area contributed by atoms with Gasteiger partial charge in [0.15, 0.2) is 5.13 Å². The highest BCUT2D eigenvalue weighted by molar-refractivity contribution is 8.00. The van der Waals surface area contributed by atoms with Gasteiger partial charge in [-0.1, -0.05) is 0 Å². The number of ether oxygens (including phenoxy) is 1. The van der Waals surface area contributed by atoms with Crippen molar-refractivity contribution in [3.63, 3.8) is 0 Å². The van der Waals surface area contributed by atoms with E-state index in [-0.39, 0.29) is 30.1 Å². The number of thioether (sulfide) groups is 1. The molecule has 13 heteroatoms. The maximum atomic E-state index is 12.4. The van der Waals surface area contributed by atoms with Crippen LogP contribution in [0.2, 0.25) is 0 Å². The van der Waals surface area contributed by atoms with E-state index in [2.05, 4.69) is 15.0 Å². The fourth-order valence-electron chi connectivity index (χ4n) is 2.75. The molecule has 0 spiro atoms. The van der Waals surface area contributed by atoms with Crippen LogP contribution < -0.4 is 16.8 Å². The lowest BCUT2D eigenvalue weighted by Crippen LogP contribution is -2.70. The topological polar surface area (TPSA) is 178 Å². The number of nitrogen functional groups attached to an aromatic ring is 1. The van der Waals surface area contributed by atoms with Crippen LogP contribution in [-0.2, 0) is 25.5 Å². The largest absolute Gasteiger partial charge is 0.477 e. The molecule has 27 heavy (non-hydrogen) atoms. The minimum Gasteiger partial charge on any atom is -0.477 e. The SMILES string of the molecule is NC(=O)OCC1=C(C(=O)O)N2C(=O)[C@@H](NC(=O)Cc3csc(N)n3)[C@H]2SC1. The zero-order valence-corrected chi connectivity index (χ0v) is 15.3. The minimum absolute atomic E-state index is 0.0335. The summed E-state index contributed by atoms with van der Waals surface area (Å²) >= 11 is 2.47. The van der Waals surface area contributed by atoms with Gasteiger partial charge in [-0.25, -0.2) is 14.6 Å². The van der Waals surface area contributed by atoms with E-state index in [1.54, 1.807) is 5.38 Å². The van der Waals surface area contributed by atoms with Crippen molar-refractivity contribution < 1.29 is 29.0 Å². The van der Waals surface area contributed by atoms with Crippen LogP contribution in [-0.4, -0.2) is 62.6 Å². The van der Waals surface area contributed by atoms with Crippen LogP contribution in [0.3, 0.4) is 0 Å². The van der Waals surface area contributed by atoms with Crippen LogP contribution in [0.4, 0.5) is 9.93 Å². The molecule has 3 amide bonds. The maximum Gasteiger partial charge on any atom is 0.404 e. The molecule has 3 heterocycles. The number of aromatic nitrogens is 1. The average molecular weight is 413 g/mol. The Balaban J connectivity index is 1.68. The van der Waals surface area contributed by atoms with Crippen molar-refractivity contribution in [1.82, 2.24) is 15.2 Å². The molecule has 0 aromatic carbocycles. The Labute approximate surface area is 160 Å². The summed E-state index contributed by atoms with van der Waals surface area (Å²) in [5.41, 5.74) is 10.9. The zero-order valence-electron chi connectivity index (χ0n) is 13.7. The van der Waals surface area contributed by atoms with E-state index in [1.807, 2.05) is 0 Å². The number of carbonyl (C=O) groups is 4. The molecule has 6 N–H and O–H groups in total. The summed E-state index contributed by atoms with van der Waals surface area (Å²) in [5, 5.41) is 13.5. The molecule has 1 aromatic rings. The van der Waals surface area contributed by atoms with Gasteiger partial charge in [-0.15, -0.1) is 23.1 Å². The fraction of sp³-hybridized carbons (Fsp3) is 0.357. The first-order valence-electron chi connectivity index (χ1n) is 7.59. The summed E-state index contributed by atoms with van der Waals surface area (Å²) < 4.78 is 4.64. The molecule has 0 saturated carbocycles. The van der Waals surface area contributed by atoms with Crippen LogP contribution in [0.5, 0.6) is 0 Å². The molecule has 2 atom stereocenters. The number of fused-ring (bicyclic) bond motifs is 1. The Morgan fingerprint density at radius 1 is 1.44 bits per heavy atom. The van der Waals surface area contributed by atoms with E-state index < -0.39 is 35.3 Å². The van der Waals surface area contributed by atoms with Crippen LogP contribution in [0, 0.1) is 0 Å². The highest BCUT2D eigenvalue weighted by Gasteiger charge is 2.54. The lowest BCUT2D eigenvalue weighted by atomic mass is 10.0. The number of β-lactam (4-membered cyclic amide) rings is 1. The summed E-state index contributed by atoms with van der Waals surface area (Å²) in [6, 6.07) is -0.841. The standard InChI is InChI=1S/C14H15N5O6S2/c15-13-17-6(4-27-13)1-7(20)18-8-10(21)19-9(12(22)23)5(2-25-14(16)24)3-26-11(8)19/h4,8,11H,1-3H2,(H2,15,17)(H2,16,24)(H,18,20)(H,22,23)/t8-,11-/m1/s1. The van der Waals surface area contributed by atoms with Gasteiger partial charge in [0, 0.05) is 16.7 Å². The Hall–Kier alpha value is -2.80. The van der Waals surface area contributed by atoms with E-state index in [4.69, 9.17) is 11.5 Å². The number of amides is 3. The molecule has 0 aliphatic carbocycles. The highest BCUT2D eigenvalue weighted by atomic mass is 32.2. The van der Waals surface area contributed by atoms with Gasteiger partial charge in [-0.3, -0.25) is 14.5 Å². The second-order valence-corrected chi connectivity index (χ2v) is 7.67. The Morgan fingerprint density at radius 2 is 2.19 bits per heavy atom. The predicted octanol–water partition coefficient (Wildman–Crippen LogP) is -0.898. The number of primary amides is 1. The highest BCUT2D eigenvalue weighted by Crippen LogP contribution is 2.40. The molecule has 2 aliphatic rings. The Kier molecular flexibility index (Phi) is 5.23. The maximum absolute atomic E-state index is 12.4. The molecule has 0 unspecified atom stereocenters. The molecule has 0 bridgehead atoms. The van der Waals surface area contributed by atoms with Crippen molar-refractivity contribution in [3.05, 3.63) is 22.3 Å². The zero-order chi connectivity index (χ0) is 19.7. The quantitative estimate of drug-likeness (QED) is 0.430. The number of thiazole rings is 1. The van der Waals surface area contributed by atoms with Crippen LogP contribution in [0.25, 0.3) is 0 Å². The van der Waals surface area contributed by atoms with Crippen molar-refractivity contribution in [3.8, 4) is 0 Å². The van der Waals surface area contributed by atoms with Gasteiger partial charge in [-0.05, 0) is 0 Å². The second-order valence-electron chi connectivity index (χ2n) is 5.67. The molecular formula is C14H15N5O6S2. The molecule has 11 nitrogen and oxygen atoms in total. The Bertz CT molecular complexity index is 853. The summed E-state index contributed by atoms with van der Waals surface area (Å²) in [6.07, 6.45) is -1.07. The van der Waals surface area contributed by atoms with Crippen molar-refractivity contribution in [2.24, 2.45) is 5.73 Å². The van der Waals surface area contributed by atoms with Crippen LogP contribution in [0.15, 0.2) is 16.7 Å². The molecule has 2 aliphatic heterocycles. The number of nitrogens with one attached hydrogen (secondary N) is 1. The number of nitrogens with zero attached hydrogens (tertiary/aromatic N) is 2. The molecule has 1 saturated heterocycles. The van der Waals surface area contributed by atoms with Crippen molar-refractivity contribution >= 4 is 52.1 Å². The second kappa shape index (κ2) is 7.44. The lowest BCUT2D eigenvalue weighted by Gasteiger charge is -2.49.